The summed E-state index contributed by atoms with van der Waals surface area (Å²) in [4.78, 5) is 12.3. The summed E-state index contributed by atoms with van der Waals surface area (Å²) in [5.74, 6) is -0.151. The summed E-state index contributed by atoms with van der Waals surface area (Å²) in [5.41, 5.74) is 1.25. The number of halogens is 2. The van der Waals surface area contributed by atoms with Crippen LogP contribution in [0.2, 0.25) is 10.0 Å². The molecule has 32 heavy (non-hydrogen) atoms. The first-order chi connectivity index (χ1) is 15.2. The van der Waals surface area contributed by atoms with Crippen LogP contribution in [0.25, 0.3) is 6.08 Å². The van der Waals surface area contributed by atoms with Gasteiger partial charge in [-0.1, -0.05) is 52.7 Å². The minimum Gasteiger partial charge on any atom is -0.489 e. The van der Waals surface area contributed by atoms with E-state index < -0.39 is 15.7 Å². The molecule has 0 atom stereocenters. The van der Waals surface area contributed by atoms with Crippen LogP contribution in [0.5, 0.6) is 5.75 Å². The van der Waals surface area contributed by atoms with E-state index in [9.17, 15) is 18.5 Å². The molecule has 0 spiro atoms. The Kier molecular flexibility index (Phi) is 7.48. The molecule has 1 N–H and O–H groups in total. The van der Waals surface area contributed by atoms with Gasteiger partial charge in [0.25, 0.3) is 5.91 Å². The molecule has 1 amide bonds. The quantitative estimate of drug-likeness (QED) is 0.285. The lowest BCUT2D eigenvalue weighted by Crippen LogP contribution is -2.13. The van der Waals surface area contributed by atoms with Gasteiger partial charge in [-0.05, 0) is 41.5 Å². The third-order valence-corrected chi connectivity index (χ3v) is 7.14. The predicted molar refractivity (Wildman–Crippen MR) is 122 cm³/mol. The van der Waals surface area contributed by atoms with Crippen molar-refractivity contribution >= 4 is 61.5 Å². The molecular formula is C20H14Cl2N4O4S2. The van der Waals surface area contributed by atoms with Crippen molar-refractivity contribution in [3.05, 3.63) is 69.2 Å². The largest absolute Gasteiger partial charge is 0.489 e. The zero-order chi connectivity index (χ0) is 23.3. The maximum Gasteiger partial charge on any atom is 0.268 e. The van der Waals surface area contributed by atoms with Gasteiger partial charge in [0.2, 0.25) is 19.3 Å². The maximum atomic E-state index is 12.3. The van der Waals surface area contributed by atoms with Crippen molar-refractivity contribution in [1.29, 1.82) is 5.26 Å². The maximum absolute atomic E-state index is 12.3. The van der Waals surface area contributed by atoms with Gasteiger partial charge in [-0.2, -0.15) is 5.26 Å². The number of aromatic nitrogens is 2. The summed E-state index contributed by atoms with van der Waals surface area (Å²) in [6.45, 7) is 0.287. The number of ether oxygens (including phenoxy) is 1. The molecule has 8 nitrogen and oxygen atoms in total. The number of sulfone groups is 1. The van der Waals surface area contributed by atoms with Gasteiger partial charge in [0.1, 0.15) is 24.0 Å². The molecule has 0 bridgehead atoms. The molecule has 0 aliphatic carbocycles. The van der Waals surface area contributed by atoms with Gasteiger partial charge in [0.15, 0.2) is 0 Å². The smallest absolute Gasteiger partial charge is 0.268 e. The van der Waals surface area contributed by atoms with Crippen LogP contribution in [-0.2, 0) is 21.2 Å². The molecule has 0 radical (unpaired) electrons. The number of rotatable bonds is 7. The Bertz CT molecular complexity index is 1330. The average Bonchev–Trinajstić information content (AvgIpc) is 3.22. The number of benzene rings is 2. The number of carbonyl (C=O) groups is 1. The standard InChI is InChI=1S/C20H14Cl2N4O4S2/c1-32(28,29)20-26-25-19(31-20)24-18(27)14(10-23)8-12-2-5-15(6-3-12)30-11-13-4-7-16(21)17(22)9-13/h2-9H,11H2,1H3,(H,24,25,27)/b14-8-. The van der Waals surface area contributed by atoms with E-state index in [0.29, 0.717) is 32.7 Å². The molecule has 0 aliphatic heterocycles. The van der Waals surface area contributed by atoms with Crippen molar-refractivity contribution in [2.45, 2.75) is 10.9 Å². The first-order valence-corrected chi connectivity index (χ1v) is 12.3. The van der Waals surface area contributed by atoms with Crippen LogP contribution in [-0.4, -0.2) is 30.8 Å². The topological polar surface area (TPSA) is 122 Å². The molecular weight excluding hydrogens is 495 g/mol. The highest BCUT2D eigenvalue weighted by Crippen LogP contribution is 2.24. The third-order valence-electron chi connectivity index (χ3n) is 3.89. The summed E-state index contributed by atoms with van der Waals surface area (Å²) < 4.78 is 28.4. The Balaban J connectivity index is 1.65. The normalized spacial score (nSPS) is 11.6. The number of hydrogen-bond acceptors (Lipinski definition) is 8. The van der Waals surface area contributed by atoms with Gasteiger partial charge in [-0.3, -0.25) is 10.1 Å². The number of amides is 1. The fraction of sp³-hybridized carbons (Fsp3) is 0.100. The molecule has 0 aliphatic rings. The molecule has 1 aromatic heterocycles. The van der Waals surface area contributed by atoms with Crippen LogP contribution in [0, 0.1) is 11.3 Å². The Morgan fingerprint density at radius 2 is 1.91 bits per heavy atom. The lowest BCUT2D eigenvalue weighted by Gasteiger charge is -2.07. The first kappa shape index (κ1) is 23.7. The van der Waals surface area contributed by atoms with Crippen molar-refractivity contribution in [3.63, 3.8) is 0 Å². The average molecular weight is 509 g/mol. The van der Waals surface area contributed by atoms with Gasteiger partial charge in [0.05, 0.1) is 10.0 Å². The van der Waals surface area contributed by atoms with E-state index in [1.165, 1.54) is 6.08 Å². The van der Waals surface area contributed by atoms with Gasteiger partial charge in [-0.15, -0.1) is 10.2 Å². The fourth-order valence-corrected chi connectivity index (χ4v) is 4.17. The lowest BCUT2D eigenvalue weighted by atomic mass is 10.1. The second kappa shape index (κ2) is 10.1. The predicted octanol–water partition coefficient (Wildman–Crippen LogP) is 4.37. The number of nitrogens with one attached hydrogen (secondary N) is 1. The Morgan fingerprint density at radius 3 is 2.50 bits per heavy atom. The highest BCUT2D eigenvalue weighted by molar-refractivity contribution is 7.92. The van der Waals surface area contributed by atoms with Crippen molar-refractivity contribution in [2.24, 2.45) is 0 Å². The third kappa shape index (κ3) is 6.27. The van der Waals surface area contributed by atoms with Gasteiger partial charge >= 0.3 is 0 Å². The Hall–Kier alpha value is -2.97. The Morgan fingerprint density at radius 1 is 1.19 bits per heavy atom. The number of carbonyl (C=O) groups excluding carboxylic acids is 1. The monoisotopic (exact) mass is 508 g/mol. The lowest BCUT2D eigenvalue weighted by molar-refractivity contribution is -0.112. The van der Waals surface area contributed by atoms with Crippen LogP contribution >= 0.6 is 34.5 Å². The summed E-state index contributed by atoms with van der Waals surface area (Å²) in [6.07, 6.45) is 2.37. The number of nitrogens with zero attached hydrogens (tertiary/aromatic N) is 3. The Labute approximate surface area is 198 Å². The zero-order valence-electron chi connectivity index (χ0n) is 16.4. The van der Waals surface area contributed by atoms with Crippen molar-refractivity contribution in [3.8, 4) is 11.8 Å². The van der Waals surface area contributed by atoms with Crippen molar-refractivity contribution in [1.82, 2.24) is 10.2 Å². The van der Waals surface area contributed by atoms with E-state index in [2.05, 4.69) is 15.5 Å². The van der Waals surface area contributed by atoms with Crippen LogP contribution in [0.15, 0.2) is 52.4 Å². The molecule has 0 unspecified atom stereocenters. The van der Waals surface area contributed by atoms with E-state index in [4.69, 9.17) is 27.9 Å². The van der Waals surface area contributed by atoms with E-state index in [0.717, 1.165) is 11.8 Å². The SMILES string of the molecule is CS(=O)(=O)c1nnc(NC(=O)/C(C#N)=C\c2ccc(OCc3ccc(Cl)c(Cl)c3)cc2)s1. The second-order valence-corrected chi connectivity index (χ2v) is 10.4. The number of hydrogen-bond donors (Lipinski definition) is 1. The van der Waals surface area contributed by atoms with E-state index in [1.807, 2.05) is 6.07 Å². The highest BCUT2D eigenvalue weighted by Gasteiger charge is 2.17. The van der Waals surface area contributed by atoms with Gasteiger partial charge < -0.3 is 4.74 Å². The summed E-state index contributed by atoms with van der Waals surface area (Å²) in [7, 11) is -3.53. The van der Waals surface area contributed by atoms with E-state index in [1.54, 1.807) is 42.5 Å². The minimum atomic E-state index is -3.53. The van der Waals surface area contributed by atoms with Crippen molar-refractivity contribution in [2.75, 3.05) is 11.6 Å². The van der Waals surface area contributed by atoms with Crippen LogP contribution < -0.4 is 10.1 Å². The molecule has 0 saturated carbocycles. The molecule has 3 rings (SSSR count). The van der Waals surface area contributed by atoms with Crippen LogP contribution in [0.3, 0.4) is 0 Å². The molecule has 0 fully saturated rings. The summed E-state index contributed by atoms with van der Waals surface area (Å²) >= 11 is 12.6. The zero-order valence-corrected chi connectivity index (χ0v) is 19.5. The molecule has 12 heteroatoms. The molecule has 164 valence electrons. The molecule has 3 aromatic rings. The summed E-state index contributed by atoms with van der Waals surface area (Å²) in [6, 6.07) is 13.8. The van der Waals surface area contributed by atoms with E-state index >= 15 is 0 Å². The molecule has 2 aromatic carbocycles. The number of anilines is 1. The van der Waals surface area contributed by atoms with Gasteiger partial charge in [-0.25, -0.2) is 8.42 Å². The first-order valence-electron chi connectivity index (χ1n) is 8.79. The minimum absolute atomic E-state index is 0.0253. The van der Waals surface area contributed by atoms with Gasteiger partial charge in [0, 0.05) is 6.26 Å². The molecule has 1 heterocycles. The summed E-state index contributed by atoms with van der Waals surface area (Å²) in [5, 5.41) is 19.7. The second-order valence-electron chi connectivity index (χ2n) is 6.38. The van der Waals surface area contributed by atoms with Crippen LogP contribution in [0.4, 0.5) is 5.13 Å². The number of nitriles is 1. The van der Waals surface area contributed by atoms with Crippen molar-refractivity contribution < 1.29 is 17.9 Å². The highest BCUT2D eigenvalue weighted by atomic mass is 35.5. The van der Waals surface area contributed by atoms with E-state index in [-0.39, 0.29) is 21.7 Å². The fourth-order valence-electron chi connectivity index (χ4n) is 2.35. The molecule has 0 saturated heterocycles. The van der Waals surface area contributed by atoms with Crippen LogP contribution in [0.1, 0.15) is 11.1 Å².